The van der Waals surface area contributed by atoms with Crippen molar-refractivity contribution in [3.8, 4) is 0 Å². The summed E-state index contributed by atoms with van der Waals surface area (Å²) >= 11 is 0. The smallest absolute Gasteiger partial charge is 0.261 e. The molecule has 0 saturated heterocycles. The molecule has 0 atom stereocenters. The molecule has 5 heteroatoms. The van der Waals surface area contributed by atoms with E-state index in [0.29, 0.717) is 5.39 Å². The van der Waals surface area contributed by atoms with Crippen molar-refractivity contribution in [1.82, 2.24) is 4.57 Å². The van der Waals surface area contributed by atoms with Gasteiger partial charge in [-0.15, -0.1) is 0 Å². The molecule has 0 bridgehead atoms. The van der Waals surface area contributed by atoms with Gasteiger partial charge in [0.1, 0.15) is 0 Å². The van der Waals surface area contributed by atoms with Crippen molar-refractivity contribution in [3.63, 3.8) is 0 Å². The Morgan fingerprint density at radius 2 is 2.00 bits per heavy atom. The minimum atomic E-state index is -3.67. The molecule has 0 radical (unpaired) electrons. The third-order valence-electron chi connectivity index (χ3n) is 2.55. The predicted molar refractivity (Wildman–Crippen MR) is 60.7 cm³/mol. The van der Waals surface area contributed by atoms with Gasteiger partial charge in [0.2, 0.25) is 0 Å². The van der Waals surface area contributed by atoms with Crippen molar-refractivity contribution in [2.24, 2.45) is 7.05 Å². The molecule has 15 heavy (non-hydrogen) atoms. The highest BCUT2D eigenvalue weighted by Gasteiger charge is 2.15. The molecule has 2 aromatic rings. The zero-order chi connectivity index (χ0) is 11.2. The molecular formula is C10H10ClNO2S. The average Bonchev–Trinajstić information content (AvgIpc) is 2.41. The molecule has 3 nitrogen and oxygen atoms in total. The standard InChI is InChI=1S/C10H10ClNO2S/c1-7-6-8-9(12(7)2)4-3-5-10(8)15(11,13)14/h3-6H,1-2H3. The number of aryl methyl sites for hydroxylation is 2. The van der Waals surface area contributed by atoms with Crippen LogP contribution in [-0.4, -0.2) is 13.0 Å². The van der Waals surface area contributed by atoms with E-state index in [9.17, 15) is 8.42 Å². The maximum atomic E-state index is 11.3. The first-order valence-corrected chi connectivity index (χ1v) is 6.72. The van der Waals surface area contributed by atoms with Crippen molar-refractivity contribution in [1.29, 1.82) is 0 Å². The third kappa shape index (κ3) is 1.64. The zero-order valence-electron chi connectivity index (χ0n) is 8.36. The van der Waals surface area contributed by atoms with E-state index < -0.39 is 9.05 Å². The van der Waals surface area contributed by atoms with Crippen LogP contribution in [0.4, 0.5) is 0 Å². The number of nitrogens with zero attached hydrogens (tertiary/aromatic N) is 1. The van der Waals surface area contributed by atoms with E-state index in [-0.39, 0.29) is 4.90 Å². The lowest BCUT2D eigenvalue weighted by molar-refractivity contribution is 0.610. The number of hydrogen-bond acceptors (Lipinski definition) is 2. The number of rotatable bonds is 1. The molecule has 0 fully saturated rings. The van der Waals surface area contributed by atoms with E-state index in [1.54, 1.807) is 6.07 Å². The van der Waals surface area contributed by atoms with Gasteiger partial charge >= 0.3 is 0 Å². The Hall–Kier alpha value is -1.00. The normalized spacial score (nSPS) is 12.2. The lowest BCUT2D eigenvalue weighted by Gasteiger charge is -2.00. The van der Waals surface area contributed by atoms with E-state index in [0.717, 1.165) is 11.2 Å². The van der Waals surface area contributed by atoms with Crippen LogP contribution in [0.15, 0.2) is 29.2 Å². The van der Waals surface area contributed by atoms with Gasteiger partial charge in [0, 0.05) is 34.3 Å². The van der Waals surface area contributed by atoms with E-state index in [4.69, 9.17) is 10.7 Å². The summed E-state index contributed by atoms with van der Waals surface area (Å²) in [6.45, 7) is 1.92. The number of benzene rings is 1. The summed E-state index contributed by atoms with van der Waals surface area (Å²) in [5, 5.41) is 0.674. The van der Waals surface area contributed by atoms with Crippen LogP contribution in [0.5, 0.6) is 0 Å². The van der Waals surface area contributed by atoms with Gasteiger partial charge in [-0.3, -0.25) is 0 Å². The molecule has 0 N–H and O–H groups in total. The van der Waals surface area contributed by atoms with Gasteiger partial charge in [-0.2, -0.15) is 0 Å². The van der Waals surface area contributed by atoms with Gasteiger partial charge in [-0.1, -0.05) is 6.07 Å². The zero-order valence-corrected chi connectivity index (χ0v) is 9.93. The molecule has 1 aromatic heterocycles. The number of halogens is 1. The monoisotopic (exact) mass is 243 g/mol. The summed E-state index contributed by atoms with van der Waals surface area (Å²) < 4.78 is 24.6. The van der Waals surface area contributed by atoms with Crippen LogP contribution < -0.4 is 0 Å². The van der Waals surface area contributed by atoms with Gasteiger partial charge in [0.15, 0.2) is 0 Å². The maximum Gasteiger partial charge on any atom is 0.261 e. The second-order valence-corrected chi connectivity index (χ2v) is 6.01. The molecule has 1 heterocycles. The van der Waals surface area contributed by atoms with Crippen LogP contribution in [0, 0.1) is 6.92 Å². The van der Waals surface area contributed by atoms with E-state index in [1.807, 2.05) is 30.7 Å². The fourth-order valence-electron chi connectivity index (χ4n) is 1.68. The fraction of sp³-hybridized carbons (Fsp3) is 0.200. The molecule has 0 spiro atoms. The molecule has 0 unspecified atom stereocenters. The predicted octanol–water partition coefficient (Wildman–Crippen LogP) is 2.41. The van der Waals surface area contributed by atoms with Gasteiger partial charge in [-0.05, 0) is 25.1 Å². The molecule has 0 amide bonds. The van der Waals surface area contributed by atoms with E-state index >= 15 is 0 Å². The Balaban J connectivity index is 2.96. The maximum absolute atomic E-state index is 11.3. The van der Waals surface area contributed by atoms with E-state index in [2.05, 4.69) is 0 Å². The van der Waals surface area contributed by atoms with Gasteiger partial charge in [0.05, 0.1) is 4.90 Å². The molecular weight excluding hydrogens is 234 g/mol. The highest BCUT2D eigenvalue weighted by Crippen LogP contribution is 2.27. The summed E-state index contributed by atoms with van der Waals surface area (Å²) in [7, 11) is 3.58. The molecule has 1 aromatic carbocycles. The van der Waals surface area contributed by atoms with Crippen molar-refractivity contribution in [2.75, 3.05) is 0 Å². The third-order valence-corrected chi connectivity index (χ3v) is 3.93. The molecule has 0 aliphatic rings. The number of hydrogen-bond donors (Lipinski definition) is 0. The Labute approximate surface area is 92.7 Å². The Morgan fingerprint density at radius 3 is 2.60 bits per heavy atom. The topological polar surface area (TPSA) is 39.1 Å². The van der Waals surface area contributed by atoms with Crippen molar-refractivity contribution in [3.05, 3.63) is 30.0 Å². The van der Waals surface area contributed by atoms with Crippen LogP contribution >= 0.6 is 10.7 Å². The van der Waals surface area contributed by atoms with Crippen LogP contribution in [-0.2, 0) is 16.1 Å². The summed E-state index contributed by atoms with van der Waals surface area (Å²) in [5.41, 5.74) is 1.87. The first-order valence-electron chi connectivity index (χ1n) is 4.41. The summed E-state index contributed by atoms with van der Waals surface area (Å²) in [4.78, 5) is 0.172. The highest BCUT2D eigenvalue weighted by atomic mass is 35.7. The average molecular weight is 244 g/mol. The number of fused-ring (bicyclic) bond motifs is 1. The second kappa shape index (κ2) is 3.25. The highest BCUT2D eigenvalue weighted by molar-refractivity contribution is 8.14. The molecule has 80 valence electrons. The molecule has 0 saturated carbocycles. The van der Waals surface area contributed by atoms with Crippen molar-refractivity contribution < 1.29 is 8.42 Å². The molecule has 2 rings (SSSR count). The van der Waals surface area contributed by atoms with Crippen LogP contribution in [0.1, 0.15) is 5.69 Å². The van der Waals surface area contributed by atoms with Crippen LogP contribution in [0.25, 0.3) is 10.9 Å². The first-order chi connectivity index (χ1) is 6.91. The Morgan fingerprint density at radius 1 is 1.33 bits per heavy atom. The minimum Gasteiger partial charge on any atom is -0.348 e. The van der Waals surface area contributed by atoms with Crippen LogP contribution in [0.3, 0.4) is 0 Å². The van der Waals surface area contributed by atoms with Gasteiger partial charge < -0.3 is 4.57 Å². The van der Waals surface area contributed by atoms with Crippen molar-refractivity contribution >= 4 is 30.6 Å². The summed E-state index contributed by atoms with van der Waals surface area (Å²) in [6, 6.07) is 6.90. The summed E-state index contributed by atoms with van der Waals surface area (Å²) in [6.07, 6.45) is 0. The lowest BCUT2D eigenvalue weighted by Crippen LogP contribution is -1.92. The Bertz CT molecular complexity index is 628. The molecule has 0 aliphatic heterocycles. The van der Waals surface area contributed by atoms with Crippen molar-refractivity contribution in [2.45, 2.75) is 11.8 Å². The SMILES string of the molecule is Cc1cc2c(S(=O)(=O)Cl)cccc2n1C. The largest absolute Gasteiger partial charge is 0.348 e. The van der Waals surface area contributed by atoms with Gasteiger partial charge in [0.25, 0.3) is 9.05 Å². The Kier molecular flexibility index (Phi) is 2.28. The molecule has 0 aliphatic carbocycles. The van der Waals surface area contributed by atoms with Gasteiger partial charge in [-0.25, -0.2) is 8.42 Å². The minimum absolute atomic E-state index is 0.172. The van der Waals surface area contributed by atoms with Crippen LogP contribution in [0.2, 0.25) is 0 Å². The first kappa shape index (κ1) is 10.5. The summed E-state index contributed by atoms with van der Waals surface area (Å²) in [5.74, 6) is 0. The number of aromatic nitrogens is 1. The second-order valence-electron chi connectivity index (χ2n) is 3.47. The van der Waals surface area contributed by atoms with E-state index in [1.165, 1.54) is 6.07 Å². The quantitative estimate of drug-likeness (QED) is 0.722. The fourth-order valence-corrected chi connectivity index (χ4v) is 2.75. The lowest BCUT2D eigenvalue weighted by atomic mass is 10.2.